The zero-order valence-electron chi connectivity index (χ0n) is 10.2. The van der Waals surface area contributed by atoms with Gasteiger partial charge in [0.15, 0.2) is 0 Å². The Morgan fingerprint density at radius 3 is 1.62 bits per heavy atom. The Morgan fingerprint density at radius 1 is 0.938 bits per heavy atom. The monoisotopic (exact) mass is 236 g/mol. The van der Waals surface area contributed by atoms with Gasteiger partial charge in [-0.15, -0.1) is 0 Å². The van der Waals surface area contributed by atoms with Crippen molar-refractivity contribution in [3.8, 4) is 0 Å². The fourth-order valence-corrected chi connectivity index (χ4v) is 2.23. The van der Waals surface area contributed by atoms with E-state index in [0.717, 1.165) is 28.5 Å². The second-order valence-corrected chi connectivity index (χ2v) is 5.74. The second-order valence-electron chi connectivity index (χ2n) is 4.09. The Kier molecular flexibility index (Phi) is 3.38. The van der Waals surface area contributed by atoms with Crippen LogP contribution < -0.4 is 0 Å². The first-order valence-electron chi connectivity index (χ1n) is 4.94. The Morgan fingerprint density at radius 2 is 1.31 bits per heavy atom. The zero-order chi connectivity index (χ0) is 12.7. The van der Waals surface area contributed by atoms with E-state index in [1.807, 2.05) is 27.7 Å². The predicted molar refractivity (Wildman–Crippen MR) is 69.8 cm³/mol. The molecule has 16 heavy (non-hydrogen) atoms. The van der Waals surface area contributed by atoms with E-state index in [4.69, 9.17) is 7.49 Å². The van der Waals surface area contributed by atoms with Gasteiger partial charge in [0.1, 0.15) is 0 Å². The third kappa shape index (κ3) is 2.40. The SMILES string of the molecule is [B]=C1C(C)=C(C)C(=NS(C)(=O)=O)C(C)=C1C. The van der Waals surface area contributed by atoms with Gasteiger partial charge in [-0.05, 0) is 0 Å². The minimum atomic E-state index is -3.38. The molecule has 0 N–H and O–H groups in total. The van der Waals surface area contributed by atoms with Crippen LogP contribution in [-0.2, 0) is 10.0 Å². The van der Waals surface area contributed by atoms with Gasteiger partial charge in [-0.2, -0.15) is 0 Å². The Bertz CT molecular complexity index is 521. The van der Waals surface area contributed by atoms with E-state index in [1.54, 1.807) is 0 Å². The Hall–Kier alpha value is -0.965. The molecule has 85 valence electrons. The molecule has 0 fully saturated rings. The van der Waals surface area contributed by atoms with Crippen LogP contribution in [-0.4, -0.2) is 33.3 Å². The van der Waals surface area contributed by atoms with Gasteiger partial charge in [0.25, 0.3) is 0 Å². The zero-order valence-corrected chi connectivity index (χ0v) is 11.1. The minimum absolute atomic E-state index is 0.520. The summed E-state index contributed by atoms with van der Waals surface area (Å²) in [6, 6.07) is 0. The maximum absolute atomic E-state index is 11.2. The van der Waals surface area contributed by atoms with E-state index in [9.17, 15) is 8.42 Å². The van der Waals surface area contributed by atoms with Gasteiger partial charge in [0.2, 0.25) is 0 Å². The summed E-state index contributed by atoms with van der Waals surface area (Å²) in [6.45, 7) is 7.42. The molecular formula is C11H15BNO2S. The van der Waals surface area contributed by atoms with Crippen LogP contribution in [0.3, 0.4) is 0 Å². The van der Waals surface area contributed by atoms with Crippen LogP contribution in [0.15, 0.2) is 26.7 Å². The second kappa shape index (κ2) is 4.13. The van der Waals surface area contributed by atoms with E-state index >= 15 is 0 Å². The molecule has 0 saturated heterocycles. The normalized spacial score (nSPS) is 18.2. The van der Waals surface area contributed by atoms with Crippen molar-refractivity contribution in [1.82, 2.24) is 0 Å². The Balaban J connectivity index is 3.53. The first-order chi connectivity index (χ1) is 7.15. The van der Waals surface area contributed by atoms with Gasteiger partial charge in [0.05, 0.1) is 0 Å². The van der Waals surface area contributed by atoms with Crippen LogP contribution in [0.4, 0.5) is 0 Å². The molecule has 0 aliphatic heterocycles. The molecule has 0 heterocycles. The predicted octanol–water partition coefficient (Wildman–Crippen LogP) is 1.41. The van der Waals surface area contributed by atoms with Crippen molar-refractivity contribution < 1.29 is 8.42 Å². The van der Waals surface area contributed by atoms with Crippen molar-refractivity contribution in [1.29, 1.82) is 0 Å². The van der Waals surface area contributed by atoms with Crippen LogP contribution >= 0.6 is 0 Å². The van der Waals surface area contributed by atoms with Crippen LogP contribution in [0, 0.1) is 0 Å². The van der Waals surface area contributed by atoms with Crippen molar-refractivity contribution >= 4 is 28.7 Å². The summed E-state index contributed by atoms with van der Waals surface area (Å²) in [4.78, 5) is 0. The van der Waals surface area contributed by atoms with Gasteiger partial charge in [0, 0.05) is 0 Å². The van der Waals surface area contributed by atoms with Gasteiger partial charge < -0.3 is 0 Å². The van der Waals surface area contributed by atoms with Gasteiger partial charge in [-0.3, -0.25) is 0 Å². The molecular weight excluding hydrogens is 221 g/mol. The summed E-state index contributed by atoms with van der Waals surface area (Å²) in [7, 11) is 2.54. The van der Waals surface area contributed by atoms with Crippen LogP contribution in [0.5, 0.6) is 0 Å². The van der Waals surface area contributed by atoms with Gasteiger partial charge >= 0.3 is 97.7 Å². The van der Waals surface area contributed by atoms with E-state index in [-0.39, 0.29) is 0 Å². The summed E-state index contributed by atoms with van der Waals surface area (Å²) in [5.74, 6) is 0. The molecule has 0 bridgehead atoms. The molecule has 5 heteroatoms. The van der Waals surface area contributed by atoms with Crippen molar-refractivity contribution in [3.63, 3.8) is 0 Å². The number of rotatable bonds is 1. The summed E-state index contributed by atoms with van der Waals surface area (Å²) in [6.07, 6.45) is 1.09. The van der Waals surface area contributed by atoms with Crippen molar-refractivity contribution in [2.75, 3.05) is 6.26 Å². The van der Waals surface area contributed by atoms with E-state index in [0.29, 0.717) is 11.2 Å². The summed E-state index contributed by atoms with van der Waals surface area (Å²) in [5, 5.41) is 0. The molecule has 0 aromatic heterocycles. The molecule has 1 aliphatic rings. The third-order valence-electron chi connectivity index (χ3n) is 2.90. The number of allylic oxidation sites excluding steroid dienone is 4. The summed E-state index contributed by atoms with van der Waals surface area (Å²) in [5.41, 5.74) is 4.67. The molecule has 0 saturated carbocycles. The number of hydrogen-bond acceptors (Lipinski definition) is 2. The van der Waals surface area contributed by atoms with Crippen LogP contribution in [0.25, 0.3) is 0 Å². The molecule has 0 unspecified atom stereocenters. The maximum atomic E-state index is 11.2. The average molecular weight is 236 g/mol. The molecule has 1 rings (SSSR count). The van der Waals surface area contributed by atoms with Crippen LogP contribution in [0.2, 0.25) is 0 Å². The fraction of sp³-hybridized carbons (Fsp3) is 0.455. The van der Waals surface area contributed by atoms with E-state index < -0.39 is 10.0 Å². The average Bonchev–Trinajstić information content (AvgIpc) is 2.17. The first-order valence-corrected chi connectivity index (χ1v) is 6.78. The Labute approximate surface area is 98.1 Å². The first kappa shape index (κ1) is 13.1. The summed E-state index contributed by atoms with van der Waals surface area (Å²) >= 11 is 0. The third-order valence-corrected chi connectivity index (χ3v) is 3.41. The molecule has 0 aromatic carbocycles. The topological polar surface area (TPSA) is 46.5 Å². The number of sulfonamides is 1. The number of nitrogens with zero attached hydrogens (tertiary/aromatic N) is 1. The molecule has 3 nitrogen and oxygen atoms in total. The molecule has 1 radical (unpaired) electrons. The van der Waals surface area contributed by atoms with E-state index in [2.05, 4.69) is 4.40 Å². The molecule has 0 spiro atoms. The molecule has 0 atom stereocenters. The van der Waals surface area contributed by atoms with Crippen molar-refractivity contribution in [3.05, 3.63) is 22.3 Å². The quantitative estimate of drug-likeness (QED) is 0.646. The molecule has 0 amide bonds. The summed E-state index contributed by atoms with van der Waals surface area (Å²) < 4.78 is 26.2. The molecule has 0 aromatic rings. The van der Waals surface area contributed by atoms with Gasteiger partial charge in [-0.25, -0.2) is 0 Å². The van der Waals surface area contributed by atoms with Crippen molar-refractivity contribution in [2.45, 2.75) is 27.7 Å². The fourth-order valence-electron chi connectivity index (χ4n) is 1.62. The standard InChI is InChI=1S/C11H15BNO2S/c1-6-8(3)11(13-16(5,14)15)9(4)7(2)10(6)12/h1-5H3. The van der Waals surface area contributed by atoms with Crippen LogP contribution in [0.1, 0.15) is 27.7 Å². The molecule has 1 aliphatic carbocycles. The van der Waals surface area contributed by atoms with E-state index in [1.165, 1.54) is 0 Å². The number of hydrogen-bond donors (Lipinski definition) is 0. The van der Waals surface area contributed by atoms with Crippen molar-refractivity contribution in [2.24, 2.45) is 4.40 Å². The van der Waals surface area contributed by atoms with Gasteiger partial charge in [-0.1, -0.05) is 0 Å².